The van der Waals surface area contributed by atoms with Gasteiger partial charge in [-0.1, -0.05) is 32.0 Å². The molecule has 2 aliphatic rings. The van der Waals surface area contributed by atoms with E-state index in [1.165, 1.54) is 6.07 Å². The molecule has 0 aromatic carbocycles. The van der Waals surface area contributed by atoms with E-state index in [0.717, 1.165) is 22.3 Å². The second-order valence-electron chi connectivity index (χ2n) is 5.23. The predicted octanol–water partition coefficient (Wildman–Crippen LogP) is 0.440. The van der Waals surface area contributed by atoms with Crippen LogP contribution in [0.3, 0.4) is 0 Å². The summed E-state index contributed by atoms with van der Waals surface area (Å²) in [7, 11) is -4.42. The molecule has 0 amide bonds. The van der Waals surface area contributed by atoms with Crippen molar-refractivity contribution in [2.45, 2.75) is 38.5 Å². The predicted molar refractivity (Wildman–Crippen MR) is 74.6 cm³/mol. The molecule has 0 aliphatic heterocycles. The van der Waals surface area contributed by atoms with Gasteiger partial charge in [0, 0.05) is 0 Å². The van der Waals surface area contributed by atoms with Crippen molar-refractivity contribution in [1.29, 1.82) is 0 Å². The number of rotatable bonds is 2. The molecule has 102 valence electrons. The van der Waals surface area contributed by atoms with E-state index in [1.54, 1.807) is 6.92 Å². The van der Waals surface area contributed by atoms with Gasteiger partial charge in [-0.3, -0.25) is 0 Å². The van der Waals surface area contributed by atoms with E-state index in [4.69, 9.17) is 0 Å². The van der Waals surface area contributed by atoms with Gasteiger partial charge in [0.2, 0.25) is 0 Å². The molecule has 0 unspecified atom stereocenters. The maximum atomic E-state index is 11.3. The Kier molecular flexibility index (Phi) is 5.44. The van der Waals surface area contributed by atoms with E-state index in [2.05, 4.69) is 13.8 Å². The Hall–Kier alpha value is -0.390. The van der Waals surface area contributed by atoms with Crippen LogP contribution in [0.15, 0.2) is 29.2 Å². The van der Waals surface area contributed by atoms with Crippen molar-refractivity contribution in [3.05, 3.63) is 41.0 Å². The molecular weight excluding hydrogens is 283 g/mol. The van der Waals surface area contributed by atoms with Gasteiger partial charge in [0.1, 0.15) is 10.1 Å². The zero-order valence-electron chi connectivity index (χ0n) is 12.5. The van der Waals surface area contributed by atoms with Gasteiger partial charge in [0.25, 0.3) is 0 Å². The van der Waals surface area contributed by atoms with Crippen LogP contribution in [0.5, 0.6) is 0 Å². The first kappa shape index (κ1) is 17.7. The Bertz CT molecular complexity index is 706. The molecule has 0 fully saturated rings. The van der Waals surface area contributed by atoms with Crippen molar-refractivity contribution in [3.8, 4) is 11.1 Å². The number of fused-ring (bicyclic) bond motifs is 1. The van der Waals surface area contributed by atoms with Gasteiger partial charge in [0.05, 0.1) is 4.90 Å². The Morgan fingerprint density at radius 1 is 1.05 bits per heavy atom. The van der Waals surface area contributed by atoms with Crippen molar-refractivity contribution in [1.82, 2.24) is 0 Å². The van der Waals surface area contributed by atoms with Crippen LogP contribution in [0.2, 0.25) is 0 Å². The molecule has 0 saturated carbocycles. The Morgan fingerprint density at radius 3 is 2.15 bits per heavy atom. The Balaban J connectivity index is 0.00000200. The Labute approximate surface area is 142 Å². The summed E-state index contributed by atoms with van der Waals surface area (Å²) in [6.07, 6.45) is 0. The molecule has 0 aromatic heterocycles. The molecule has 2 rings (SSSR count). The van der Waals surface area contributed by atoms with Gasteiger partial charge < -0.3 is 4.55 Å². The molecule has 2 aliphatic carbocycles. The van der Waals surface area contributed by atoms with Crippen LogP contribution in [0, 0.1) is 13.8 Å². The molecule has 0 heterocycles. The van der Waals surface area contributed by atoms with Gasteiger partial charge in [-0.15, -0.1) is 0 Å². The molecule has 3 nitrogen and oxygen atoms in total. The van der Waals surface area contributed by atoms with E-state index >= 15 is 0 Å². The van der Waals surface area contributed by atoms with Gasteiger partial charge in [-0.05, 0) is 53.6 Å². The maximum absolute atomic E-state index is 11.3. The first-order chi connectivity index (χ1) is 8.71. The molecule has 0 radical (unpaired) electrons. The molecule has 0 atom stereocenters. The average molecular weight is 300 g/mol. The number of hydrogen-bond donors (Lipinski definition) is 0. The fraction of sp³-hybridized carbons (Fsp3) is 0.333. The summed E-state index contributed by atoms with van der Waals surface area (Å²) in [6.45, 7) is 7.78. The van der Waals surface area contributed by atoms with Crippen molar-refractivity contribution in [2.75, 3.05) is 0 Å². The summed E-state index contributed by atoms with van der Waals surface area (Å²) in [6, 6.07) is 7.49. The van der Waals surface area contributed by atoms with Crippen molar-refractivity contribution in [3.63, 3.8) is 0 Å². The summed E-state index contributed by atoms with van der Waals surface area (Å²) in [5.74, 6) is 0.344. The first-order valence-corrected chi connectivity index (χ1v) is 7.62. The minimum Gasteiger partial charge on any atom is -0.744 e. The second kappa shape index (κ2) is 6.16. The number of hydrogen-bond acceptors (Lipinski definition) is 3. The first-order valence-electron chi connectivity index (χ1n) is 6.21. The Morgan fingerprint density at radius 2 is 1.65 bits per heavy atom. The molecular formula is C15H17NaO3S. The van der Waals surface area contributed by atoms with Crippen LogP contribution >= 0.6 is 0 Å². The third kappa shape index (κ3) is 3.26. The minimum absolute atomic E-state index is 0. The SMILES string of the molecule is Cc1ccc(C(C)C)cc2c(C)c(S(=O)(=O)[O-])cc1-2.[Na+]. The second-order valence-corrected chi connectivity index (χ2v) is 6.58. The van der Waals surface area contributed by atoms with Crippen LogP contribution in [0.25, 0.3) is 11.1 Å². The summed E-state index contributed by atoms with van der Waals surface area (Å²) >= 11 is 0. The monoisotopic (exact) mass is 300 g/mol. The summed E-state index contributed by atoms with van der Waals surface area (Å²) in [5, 5.41) is 0. The zero-order chi connectivity index (χ0) is 14.4. The minimum atomic E-state index is -4.42. The topological polar surface area (TPSA) is 57.2 Å². The third-order valence-corrected chi connectivity index (χ3v) is 4.50. The van der Waals surface area contributed by atoms with Gasteiger partial charge >= 0.3 is 29.6 Å². The van der Waals surface area contributed by atoms with Crippen LogP contribution in [0.4, 0.5) is 0 Å². The van der Waals surface area contributed by atoms with Gasteiger partial charge in [-0.25, -0.2) is 8.42 Å². The normalized spacial score (nSPS) is 11.7. The molecule has 0 bridgehead atoms. The summed E-state index contributed by atoms with van der Waals surface area (Å²) in [5.41, 5.74) is 4.33. The molecule has 0 N–H and O–H groups in total. The van der Waals surface area contributed by atoms with Crippen molar-refractivity contribution < 1.29 is 42.5 Å². The standard InChI is InChI=1S/C15H18O3S.Na/c1-9(2)12-6-5-10(3)13-8-15(19(16,17)18)11(4)14(13)7-12;/h5-9H,1-4H3,(H,16,17,18);/q;+1/p-1. The van der Waals surface area contributed by atoms with Crippen molar-refractivity contribution in [2.24, 2.45) is 0 Å². The van der Waals surface area contributed by atoms with E-state index in [-0.39, 0.29) is 34.5 Å². The molecule has 0 saturated heterocycles. The fourth-order valence-corrected chi connectivity index (χ4v) is 3.06. The molecule has 0 spiro atoms. The maximum Gasteiger partial charge on any atom is 1.00 e. The average Bonchev–Trinajstić information content (AvgIpc) is 2.50. The smallest absolute Gasteiger partial charge is 0.744 e. The van der Waals surface area contributed by atoms with Gasteiger partial charge in [-0.2, -0.15) is 0 Å². The fourth-order valence-electron chi connectivity index (χ4n) is 2.31. The number of aryl methyl sites for hydroxylation is 1. The van der Waals surface area contributed by atoms with Crippen molar-refractivity contribution >= 4 is 10.1 Å². The molecule has 0 aromatic rings. The summed E-state index contributed by atoms with van der Waals surface area (Å²) < 4.78 is 33.8. The van der Waals surface area contributed by atoms with Crippen LogP contribution < -0.4 is 29.6 Å². The van der Waals surface area contributed by atoms with Crippen LogP contribution in [-0.4, -0.2) is 13.0 Å². The zero-order valence-corrected chi connectivity index (χ0v) is 15.3. The largest absolute Gasteiger partial charge is 1.00 e. The molecule has 5 heteroatoms. The summed E-state index contributed by atoms with van der Waals surface area (Å²) in [4.78, 5) is -0.105. The van der Waals surface area contributed by atoms with Crippen LogP contribution in [-0.2, 0) is 10.1 Å². The molecule has 20 heavy (non-hydrogen) atoms. The van der Waals surface area contributed by atoms with Gasteiger partial charge in [0.15, 0.2) is 0 Å². The van der Waals surface area contributed by atoms with E-state index in [0.29, 0.717) is 11.5 Å². The quantitative estimate of drug-likeness (QED) is 0.597. The third-order valence-electron chi connectivity index (χ3n) is 3.54. The van der Waals surface area contributed by atoms with E-state index < -0.39 is 10.1 Å². The van der Waals surface area contributed by atoms with Crippen LogP contribution in [0.1, 0.15) is 36.5 Å². The van der Waals surface area contributed by atoms with E-state index in [9.17, 15) is 13.0 Å². The van der Waals surface area contributed by atoms with E-state index in [1.807, 2.05) is 25.1 Å².